The molecule has 0 aliphatic heterocycles. The van der Waals surface area contributed by atoms with Gasteiger partial charge in [-0.3, -0.25) is 4.79 Å². The average Bonchev–Trinajstić information content (AvgIpc) is 3.18. The monoisotopic (exact) mass is 334 g/mol. The summed E-state index contributed by atoms with van der Waals surface area (Å²) >= 11 is 0. The first-order chi connectivity index (χ1) is 11.9. The van der Waals surface area contributed by atoms with Gasteiger partial charge in [0.1, 0.15) is 11.1 Å². The number of nitrogens with zero attached hydrogens (tertiary/aromatic N) is 1. The lowest BCUT2D eigenvalue weighted by Gasteiger charge is -2.11. The second-order valence-corrected chi connectivity index (χ2v) is 7.05. The van der Waals surface area contributed by atoms with Crippen molar-refractivity contribution < 1.29 is 13.6 Å². The zero-order valence-electron chi connectivity index (χ0n) is 14.3. The van der Waals surface area contributed by atoms with Crippen molar-refractivity contribution in [3.05, 3.63) is 60.2 Å². The van der Waals surface area contributed by atoms with Gasteiger partial charge in [0.15, 0.2) is 11.3 Å². The fraction of sp³-hybridized carbons (Fsp3) is 0.200. The molecule has 0 radical (unpaired) electrons. The summed E-state index contributed by atoms with van der Waals surface area (Å²) in [5.41, 5.74) is 2.58. The molecule has 2 aromatic heterocycles. The summed E-state index contributed by atoms with van der Waals surface area (Å²) in [6.45, 7) is 6.13. The zero-order valence-corrected chi connectivity index (χ0v) is 14.3. The summed E-state index contributed by atoms with van der Waals surface area (Å²) < 4.78 is 11.4. The number of furan rings is 1. The van der Waals surface area contributed by atoms with Crippen molar-refractivity contribution in [3.8, 4) is 0 Å². The topological polar surface area (TPSA) is 68.3 Å². The fourth-order valence-corrected chi connectivity index (χ4v) is 2.61. The second-order valence-electron chi connectivity index (χ2n) is 7.05. The summed E-state index contributed by atoms with van der Waals surface area (Å²) in [5.74, 6) is 0.648. The lowest BCUT2D eigenvalue weighted by Crippen LogP contribution is -2.11. The number of carbonyl (C=O) groups excluding carboxylic acids is 1. The number of para-hydroxylation sites is 1. The number of nitrogens with one attached hydrogen (secondary N) is 1. The lowest BCUT2D eigenvalue weighted by molar-refractivity contribution is 0.0998. The smallest absolute Gasteiger partial charge is 0.291 e. The van der Waals surface area contributed by atoms with Crippen LogP contribution in [-0.4, -0.2) is 10.9 Å². The Kier molecular flexibility index (Phi) is 3.39. The molecule has 5 nitrogen and oxygen atoms in total. The highest BCUT2D eigenvalue weighted by Gasteiger charge is 2.21. The van der Waals surface area contributed by atoms with Crippen molar-refractivity contribution in [2.75, 3.05) is 5.32 Å². The Hall–Kier alpha value is -3.08. The van der Waals surface area contributed by atoms with Gasteiger partial charge >= 0.3 is 0 Å². The fourth-order valence-electron chi connectivity index (χ4n) is 2.61. The van der Waals surface area contributed by atoms with Gasteiger partial charge in [0, 0.05) is 16.5 Å². The molecule has 0 saturated heterocycles. The van der Waals surface area contributed by atoms with E-state index in [1.807, 2.05) is 51.1 Å². The number of aromatic nitrogens is 1. The highest BCUT2D eigenvalue weighted by molar-refractivity contribution is 6.05. The number of hydrogen-bond donors (Lipinski definition) is 1. The number of fused-ring (bicyclic) bond motifs is 2. The summed E-state index contributed by atoms with van der Waals surface area (Å²) in [6, 6.07) is 14.7. The minimum Gasteiger partial charge on any atom is -0.451 e. The first kappa shape index (κ1) is 15.4. The van der Waals surface area contributed by atoms with Crippen LogP contribution in [-0.2, 0) is 5.41 Å². The minimum absolute atomic E-state index is 0.170. The van der Waals surface area contributed by atoms with E-state index >= 15 is 0 Å². The molecule has 1 amide bonds. The van der Waals surface area contributed by atoms with Crippen molar-refractivity contribution in [1.82, 2.24) is 4.98 Å². The molecule has 25 heavy (non-hydrogen) atoms. The summed E-state index contributed by atoms with van der Waals surface area (Å²) in [5, 5.41) is 3.74. The Bertz CT molecular complexity index is 1050. The van der Waals surface area contributed by atoms with Crippen LogP contribution >= 0.6 is 0 Å². The predicted octanol–water partition coefficient (Wildman–Crippen LogP) is 5.12. The molecule has 126 valence electrons. The molecule has 4 rings (SSSR count). The van der Waals surface area contributed by atoms with Crippen LogP contribution < -0.4 is 5.32 Å². The minimum atomic E-state index is -0.296. The molecule has 0 bridgehead atoms. The van der Waals surface area contributed by atoms with Crippen molar-refractivity contribution in [2.45, 2.75) is 26.2 Å². The molecule has 1 N–H and O–H groups in total. The van der Waals surface area contributed by atoms with E-state index in [-0.39, 0.29) is 17.1 Å². The van der Waals surface area contributed by atoms with E-state index in [1.54, 1.807) is 18.2 Å². The highest BCUT2D eigenvalue weighted by Crippen LogP contribution is 2.27. The summed E-state index contributed by atoms with van der Waals surface area (Å²) in [4.78, 5) is 17.0. The third-order valence-electron chi connectivity index (χ3n) is 3.94. The molecular formula is C20H18N2O3. The van der Waals surface area contributed by atoms with Gasteiger partial charge in [0.05, 0.1) is 0 Å². The number of oxazole rings is 1. The Labute approximate surface area is 144 Å². The Morgan fingerprint density at radius 3 is 2.56 bits per heavy atom. The van der Waals surface area contributed by atoms with Gasteiger partial charge in [-0.25, -0.2) is 4.98 Å². The van der Waals surface area contributed by atoms with E-state index in [2.05, 4.69) is 10.3 Å². The number of hydrogen-bond acceptors (Lipinski definition) is 4. The van der Waals surface area contributed by atoms with Crippen LogP contribution in [0.15, 0.2) is 57.4 Å². The predicted molar refractivity (Wildman–Crippen MR) is 96.9 cm³/mol. The van der Waals surface area contributed by atoms with Crippen LogP contribution in [0.1, 0.15) is 37.2 Å². The number of anilines is 1. The molecule has 0 unspecified atom stereocenters. The largest absolute Gasteiger partial charge is 0.451 e. The Morgan fingerprint density at radius 1 is 1.00 bits per heavy atom. The Morgan fingerprint density at radius 2 is 1.80 bits per heavy atom. The van der Waals surface area contributed by atoms with Crippen LogP contribution in [0.5, 0.6) is 0 Å². The van der Waals surface area contributed by atoms with Crippen LogP contribution in [0.25, 0.3) is 22.1 Å². The number of carbonyl (C=O) groups is 1. The van der Waals surface area contributed by atoms with E-state index in [9.17, 15) is 4.79 Å². The maximum atomic E-state index is 12.4. The first-order valence-corrected chi connectivity index (χ1v) is 8.11. The van der Waals surface area contributed by atoms with Crippen LogP contribution in [0.2, 0.25) is 0 Å². The van der Waals surface area contributed by atoms with Crippen molar-refractivity contribution in [1.29, 1.82) is 0 Å². The van der Waals surface area contributed by atoms with Crippen molar-refractivity contribution in [3.63, 3.8) is 0 Å². The molecular weight excluding hydrogens is 316 g/mol. The third kappa shape index (κ3) is 2.89. The Balaban J connectivity index is 1.62. The molecule has 2 heterocycles. The van der Waals surface area contributed by atoms with Crippen molar-refractivity contribution >= 4 is 33.7 Å². The number of rotatable bonds is 2. The van der Waals surface area contributed by atoms with E-state index in [0.29, 0.717) is 28.3 Å². The molecule has 0 fully saturated rings. The molecule has 0 aliphatic carbocycles. The molecule has 0 atom stereocenters. The van der Waals surface area contributed by atoms with Gasteiger partial charge in [0.25, 0.3) is 5.91 Å². The average molecular weight is 334 g/mol. The van der Waals surface area contributed by atoms with Gasteiger partial charge in [0.2, 0.25) is 5.89 Å². The summed E-state index contributed by atoms with van der Waals surface area (Å²) in [7, 11) is 0. The normalized spacial score (nSPS) is 12.0. The highest BCUT2D eigenvalue weighted by atomic mass is 16.4. The van der Waals surface area contributed by atoms with Crippen molar-refractivity contribution in [2.24, 2.45) is 0 Å². The first-order valence-electron chi connectivity index (χ1n) is 8.11. The molecule has 0 spiro atoms. The third-order valence-corrected chi connectivity index (χ3v) is 3.94. The lowest BCUT2D eigenvalue weighted by atomic mass is 9.97. The van der Waals surface area contributed by atoms with Gasteiger partial charge < -0.3 is 14.2 Å². The number of benzene rings is 2. The van der Waals surface area contributed by atoms with Crippen LogP contribution in [0, 0.1) is 0 Å². The van der Waals surface area contributed by atoms with E-state index in [4.69, 9.17) is 8.83 Å². The van der Waals surface area contributed by atoms with Gasteiger partial charge in [-0.05, 0) is 30.3 Å². The maximum Gasteiger partial charge on any atom is 0.291 e. The van der Waals surface area contributed by atoms with Gasteiger partial charge in [-0.1, -0.05) is 39.0 Å². The van der Waals surface area contributed by atoms with Gasteiger partial charge in [-0.15, -0.1) is 0 Å². The number of amides is 1. The van der Waals surface area contributed by atoms with Gasteiger partial charge in [-0.2, -0.15) is 0 Å². The van der Waals surface area contributed by atoms with E-state index in [1.165, 1.54) is 0 Å². The molecule has 5 heteroatoms. The van der Waals surface area contributed by atoms with Crippen LogP contribution in [0.3, 0.4) is 0 Å². The standard InChI is InChI=1S/C20H18N2O3/c1-20(2,3)19-22-14-11-13(8-9-16(14)25-19)21-18(23)17-10-12-6-4-5-7-15(12)24-17/h4-11H,1-3H3,(H,21,23). The molecule has 4 aromatic rings. The van der Waals surface area contributed by atoms with E-state index in [0.717, 1.165) is 5.39 Å². The maximum absolute atomic E-state index is 12.4. The van der Waals surface area contributed by atoms with Crippen LogP contribution in [0.4, 0.5) is 5.69 Å². The zero-order chi connectivity index (χ0) is 17.6. The molecule has 0 saturated carbocycles. The quantitative estimate of drug-likeness (QED) is 0.552. The SMILES string of the molecule is CC(C)(C)c1nc2cc(NC(=O)c3cc4ccccc4o3)ccc2o1. The molecule has 0 aliphatic rings. The molecule has 2 aromatic carbocycles. The summed E-state index contributed by atoms with van der Waals surface area (Å²) in [6.07, 6.45) is 0. The van der Waals surface area contributed by atoms with E-state index < -0.39 is 0 Å². The second kappa shape index (κ2) is 5.48.